The van der Waals surface area contributed by atoms with Crippen molar-refractivity contribution in [3.8, 4) is 0 Å². The molecule has 2 fully saturated rings. The van der Waals surface area contributed by atoms with E-state index in [0.717, 1.165) is 19.3 Å². The lowest BCUT2D eigenvalue weighted by Gasteiger charge is -2.40. The summed E-state index contributed by atoms with van der Waals surface area (Å²) in [7, 11) is 0. The van der Waals surface area contributed by atoms with Crippen LogP contribution in [0.5, 0.6) is 0 Å². The number of carbonyl (C=O) groups is 1. The Labute approximate surface area is 107 Å². The zero-order valence-electron chi connectivity index (χ0n) is 10.7. The minimum absolute atomic E-state index is 0.0562. The summed E-state index contributed by atoms with van der Waals surface area (Å²) in [5, 5.41) is 0. The van der Waals surface area contributed by atoms with Gasteiger partial charge in [-0.1, -0.05) is 0 Å². The summed E-state index contributed by atoms with van der Waals surface area (Å²) in [5.74, 6) is -2.72. The van der Waals surface area contributed by atoms with Crippen molar-refractivity contribution in [3.05, 3.63) is 0 Å². The van der Waals surface area contributed by atoms with Gasteiger partial charge >= 0.3 is 0 Å². The fraction of sp³-hybridized carbons (Fsp3) is 0.923. The highest BCUT2D eigenvalue weighted by atomic mass is 19.3. The summed E-state index contributed by atoms with van der Waals surface area (Å²) in [6.45, 7) is 1.02. The van der Waals surface area contributed by atoms with E-state index in [1.807, 2.05) is 4.90 Å². The van der Waals surface area contributed by atoms with Crippen molar-refractivity contribution in [2.45, 2.75) is 56.9 Å². The summed E-state index contributed by atoms with van der Waals surface area (Å²) in [6, 6.07) is 0.309. The Morgan fingerprint density at radius 1 is 1.22 bits per heavy atom. The number of hydrogen-bond donors (Lipinski definition) is 1. The fourth-order valence-electron chi connectivity index (χ4n) is 2.83. The van der Waals surface area contributed by atoms with Crippen molar-refractivity contribution < 1.29 is 13.6 Å². The Morgan fingerprint density at radius 2 is 1.83 bits per heavy atom. The van der Waals surface area contributed by atoms with Crippen LogP contribution in [-0.2, 0) is 4.79 Å². The smallest absolute Gasteiger partial charge is 0.248 e. The molecule has 2 N–H and O–H groups in total. The molecule has 2 saturated carbocycles. The largest absolute Gasteiger partial charge is 0.338 e. The van der Waals surface area contributed by atoms with Gasteiger partial charge in [-0.2, -0.15) is 0 Å². The molecular weight excluding hydrogens is 238 g/mol. The van der Waals surface area contributed by atoms with Gasteiger partial charge in [0.1, 0.15) is 0 Å². The Bertz CT molecular complexity index is 295. The normalized spacial score (nSPS) is 24.6. The molecule has 0 aromatic rings. The highest BCUT2D eigenvalue weighted by Crippen LogP contribution is 2.37. The van der Waals surface area contributed by atoms with Crippen LogP contribution in [0.15, 0.2) is 0 Å². The second kappa shape index (κ2) is 5.51. The fourth-order valence-corrected chi connectivity index (χ4v) is 2.83. The quantitative estimate of drug-likeness (QED) is 0.842. The minimum atomic E-state index is -2.56. The van der Waals surface area contributed by atoms with Crippen LogP contribution in [-0.4, -0.2) is 35.9 Å². The average molecular weight is 260 g/mol. The summed E-state index contributed by atoms with van der Waals surface area (Å²) >= 11 is 0. The summed E-state index contributed by atoms with van der Waals surface area (Å²) < 4.78 is 26.2. The second-order valence-electron chi connectivity index (χ2n) is 5.54. The highest BCUT2D eigenvalue weighted by Gasteiger charge is 2.40. The molecule has 0 radical (unpaired) electrons. The third-order valence-electron chi connectivity index (χ3n) is 4.23. The van der Waals surface area contributed by atoms with Crippen molar-refractivity contribution in [2.75, 3.05) is 13.1 Å². The van der Waals surface area contributed by atoms with Crippen LogP contribution in [0.1, 0.15) is 44.9 Å². The molecule has 0 spiro atoms. The number of amides is 1. The van der Waals surface area contributed by atoms with Gasteiger partial charge in [0.2, 0.25) is 11.8 Å². The molecule has 2 aliphatic rings. The number of carbonyl (C=O) groups excluding carboxylic acids is 1. The molecule has 3 nitrogen and oxygen atoms in total. The molecule has 0 heterocycles. The van der Waals surface area contributed by atoms with Crippen LogP contribution >= 0.6 is 0 Å². The predicted molar refractivity (Wildman–Crippen MR) is 65.3 cm³/mol. The van der Waals surface area contributed by atoms with Crippen LogP contribution < -0.4 is 5.73 Å². The van der Waals surface area contributed by atoms with Gasteiger partial charge in [0.25, 0.3) is 0 Å². The third-order valence-corrected chi connectivity index (χ3v) is 4.23. The van der Waals surface area contributed by atoms with E-state index >= 15 is 0 Å². The lowest BCUT2D eigenvalue weighted by atomic mass is 9.84. The molecule has 2 aliphatic carbocycles. The SMILES string of the molecule is NCCN(C(=O)C1CCC(F)(F)CC1)C1CCC1. The highest BCUT2D eigenvalue weighted by molar-refractivity contribution is 5.79. The first-order valence-electron chi connectivity index (χ1n) is 6.92. The van der Waals surface area contributed by atoms with E-state index in [0.29, 0.717) is 32.0 Å². The lowest BCUT2D eigenvalue weighted by Crippen LogP contribution is -2.49. The third kappa shape index (κ3) is 2.99. The van der Waals surface area contributed by atoms with Crippen LogP contribution in [0.4, 0.5) is 8.78 Å². The lowest BCUT2D eigenvalue weighted by molar-refractivity contribution is -0.143. The Morgan fingerprint density at radius 3 is 2.28 bits per heavy atom. The van der Waals surface area contributed by atoms with E-state index in [2.05, 4.69) is 0 Å². The van der Waals surface area contributed by atoms with Gasteiger partial charge in [-0.3, -0.25) is 4.79 Å². The van der Waals surface area contributed by atoms with Crippen molar-refractivity contribution in [3.63, 3.8) is 0 Å². The molecule has 1 amide bonds. The van der Waals surface area contributed by atoms with E-state index in [4.69, 9.17) is 5.73 Å². The zero-order chi connectivity index (χ0) is 13.2. The van der Waals surface area contributed by atoms with Crippen molar-refractivity contribution in [1.29, 1.82) is 0 Å². The van der Waals surface area contributed by atoms with E-state index in [-0.39, 0.29) is 24.7 Å². The van der Waals surface area contributed by atoms with Gasteiger partial charge < -0.3 is 10.6 Å². The molecule has 0 atom stereocenters. The first-order valence-corrected chi connectivity index (χ1v) is 6.92. The van der Waals surface area contributed by atoms with Crippen LogP contribution in [0, 0.1) is 5.92 Å². The van der Waals surface area contributed by atoms with Crippen molar-refractivity contribution in [1.82, 2.24) is 4.90 Å². The number of nitrogens with two attached hydrogens (primary N) is 1. The predicted octanol–water partition coefficient (Wildman–Crippen LogP) is 2.15. The van der Waals surface area contributed by atoms with E-state index < -0.39 is 5.92 Å². The molecule has 2 rings (SSSR count). The monoisotopic (exact) mass is 260 g/mol. The summed E-state index contributed by atoms with van der Waals surface area (Å²) in [4.78, 5) is 14.2. The second-order valence-corrected chi connectivity index (χ2v) is 5.54. The first-order chi connectivity index (χ1) is 8.53. The maximum atomic E-state index is 13.1. The van der Waals surface area contributed by atoms with Gasteiger partial charge in [-0.05, 0) is 32.1 Å². The Hall–Kier alpha value is -0.710. The molecule has 0 bridgehead atoms. The molecule has 0 aromatic heterocycles. The molecule has 5 heteroatoms. The molecule has 0 unspecified atom stereocenters. The molecule has 18 heavy (non-hydrogen) atoms. The number of hydrogen-bond acceptors (Lipinski definition) is 2. The van der Waals surface area contributed by atoms with Crippen LogP contribution in [0.25, 0.3) is 0 Å². The Balaban J connectivity index is 1.92. The van der Waals surface area contributed by atoms with Gasteiger partial charge in [0.15, 0.2) is 0 Å². The maximum Gasteiger partial charge on any atom is 0.248 e. The number of halogens is 2. The molecular formula is C13H22F2N2O. The molecule has 0 aromatic carbocycles. The van der Waals surface area contributed by atoms with Gasteiger partial charge in [-0.15, -0.1) is 0 Å². The Kier molecular flexibility index (Phi) is 4.20. The first kappa shape index (κ1) is 13.7. The van der Waals surface area contributed by atoms with Crippen molar-refractivity contribution in [2.24, 2.45) is 11.7 Å². The molecule has 0 saturated heterocycles. The number of rotatable bonds is 4. The summed E-state index contributed by atoms with van der Waals surface area (Å²) in [5.41, 5.74) is 5.54. The molecule has 104 valence electrons. The minimum Gasteiger partial charge on any atom is -0.338 e. The van der Waals surface area contributed by atoms with Crippen molar-refractivity contribution >= 4 is 5.91 Å². The summed E-state index contributed by atoms with van der Waals surface area (Å²) in [6.07, 6.45) is 3.57. The molecule has 0 aliphatic heterocycles. The number of alkyl halides is 2. The van der Waals surface area contributed by atoms with Gasteiger partial charge in [-0.25, -0.2) is 8.78 Å². The van der Waals surface area contributed by atoms with E-state index in [1.165, 1.54) is 0 Å². The van der Waals surface area contributed by atoms with Crippen LogP contribution in [0.3, 0.4) is 0 Å². The topological polar surface area (TPSA) is 46.3 Å². The van der Waals surface area contributed by atoms with E-state index in [9.17, 15) is 13.6 Å². The average Bonchev–Trinajstić information content (AvgIpc) is 2.25. The zero-order valence-corrected chi connectivity index (χ0v) is 10.7. The maximum absolute atomic E-state index is 13.1. The van der Waals surface area contributed by atoms with E-state index in [1.54, 1.807) is 0 Å². The van der Waals surface area contributed by atoms with Gasteiger partial charge in [0, 0.05) is 37.9 Å². The standard InChI is InChI=1S/C13H22F2N2O/c14-13(15)6-4-10(5-7-13)12(18)17(9-8-16)11-2-1-3-11/h10-11H,1-9,16H2. The van der Waals surface area contributed by atoms with Gasteiger partial charge in [0.05, 0.1) is 0 Å². The van der Waals surface area contributed by atoms with Crippen LogP contribution in [0.2, 0.25) is 0 Å². The number of nitrogens with zero attached hydrogens (tertiary/aromatic N) is 1.